The van der Waals surface area contributed by atoms with E-state index in [9.17, 15) is 4.79 Å². The molecule has 0 heterocycles. The van der Waals surface area contributed by atoms with Gasteiger partial charge in [-0.1, -0.05) is 22.9 Å². The van der Waals surface area contributed by atoms with Gasteiger partial charge in [0.2, 0.25) is 0 Å². The Morgan fingerprint density at radius 1 is 1.50 bits per heavy atom. The number of nitrogens with two attached hydrogens (primary N) is 1. The van der Waals surface area contributed by atoms with Gasteiger partial charge in [0.05, 0.1) is 12.2 Å². The maximum atomic E-state index is 11.9. The third-order valence-electron chi connectivity index (χ3n) is 2.50. The van der Waals surface area contributed by atoms with E-state index < -0.39 is 0 Å². The van der Waals surface area contributed by atoms with E-state index in [-0.39, 0.29) is 5.97 Å². The molecule has 2 N–H and O–H groups in total. The van der Waals surface area contributed by atoms with Gasteiger partial charge in [0.15, 0.2) is 0 Å². The summed E-state index contributed by atoms with van der Waals surface area (Å²) < 4.78 is 6.03. The highest BCUT2D eigenvalue weighted by Gasteiger charge is 2.13. The van der Waals surface area contributed by atoms with Crippen molar-refractivity contribution in [3.63, 3.8) is 0 Å². The van der Waals surface area contributed by atoms with E-state index in [1.165, 1.54) is 0 Å². The van der Waals surface area contributed by atoms with Crippen LogP contribution in [0.1, 0.15) is 29.3 Å². The number of nitrogen functional groups attached to an aromatic ring is 1. The topological polar surface area (TPSA) is 52.3 Å². The summed E-state index contributed by atoms with van der Waals surface area (Å²) in [7, 11) is 0. The molecule has 0 aromatic heterocycles. The van der Waals surface area contributed by atoms with Crippen LogP contribution in [0.25, 0.3) is 0 Å². The third kappa shape index (κ3) is 4.53. The normalized spacial score (nSPS) is 10.4. The summed E-state index contributed by atoms with van der Waals surface area (Å²) in [6.45, 7) is 4.40. The van der Waals surface area contributed by atoms with Crippen molar-refractivity contribution < 1.29 is 9.53 Å². The Hall–Kier alpha value is -0.680. The van der Waals surface area contributed by atoms with Crippen LogP contribution in [-0.2, 0) is 4.74 Å². The van der Waals surface area contributed by atoms with Crippen LogP contribution in [-0.4, -0.2) is 24.1 Å². The van der Waals surface area contributed by atoms with E-state index in [4.69, 9.17) is 10.5 Å². The molecule has 0 aliphatic carbocycles. The average molecular weight is 332 g/mol. The summed E-state index contributed by atoms with van der Waals surface area (Å²) in [6, 6.07) is 3.53. The van der Waals surface area contributed by atoms with Gasteiger partial charge in [-0.05, 0) is 42.5 Å². The van der Waals surface area contributed by atoms with E-state index >= 15 is 0 Å². The molecule has 1 aromatic rings. The average Bonchev–Trinajstić information content (AvgIpc) is 2.33. The van der Waals surface area contributed by atoms with Gasteiger partial charge in [-0.3, -0.25) is 0 Å². The van der Waals surface area contributed by atoms with Gasteiger partial charge < -0.3 is 10.5 Å². The highest BCUT2D eigenvalue weighted by Crippen LogP contribution is 2.23. The van der Waals surface area contributed by atoms with Crippen LogP contribution in [0.2, 0.25) is 0 Å². The molecule has 5 heteroatoms. The molecule has 0 aliphatic rings. The van der Waals surface area contributed by atoms with Crippen LogP contribution in [0.5, 0.6) is 0 Å². The van der Waals surface area contributed by atoms with Crippen LogP contribution in [0.4, 0.5) is 5.69 Å². The highest BCUT2D eigenvalue weighted by atomic mass is 79.9. The molecule has 0 unspecified atom stereocenters. The summed E-state index contributed by atoms with van der Waals surface area (Å²) in [5.74, 6) is 1.81. The van der Waals surface area contributed by atoms with E-state index in [1.54, 1.807) is 12.1 Å². The van der Waals surface area contributed by atoms with Crippen LogP contribution < -0.4 is 5.73 Å². The molecule has 0 radical (unpaired) electrons. The second-order valence-electron chi connectivity index (χ2n) is 3.85. The van der Waals surface area contributed by atoms with Gasteiger partial charge in [-0.25, -0.2) is 4.79 Å². The molecule has 0 aliphatic heterocycles. The second-order valence-corrected chi connectivity index (χ2v) is 6.16. The number of ether oxygens (including phenoxy) is 1. The van der Waals surface area contributed by atoms with Gasteiger partial charge in [-0.2, -0.15) is 11.8 Å². The smallest absolute Gasteiger partial charge is 0.338 e. The molecular weight excluding hydrogens is 314 g/mol. The molecule has 0 saturated carbocycles. The highest BCUT2D eigenvalue weighted by molar-refractivity contribution is 9.10. The van der Waals surface area contributed by atoms with E-state index in [2.05, 4.69) is 22.9 Å². The lowest BCUT2D eigenvalue weighted by Crippen LogP contribution is -2.10. The number of rotatable bonds is 6. The fourth-order valence-electron chi connectivity index (χ4n) is 1.46. The number of carbonyl (C=O) groups is 1. The number of esters is 1. The SMILES string of the molecule is CCSCCCOC(=O)c1cc(Br)cc(N)c1C. The standard InChI is InChI=1S/C13H18BrNO2S/c1-3-18-6-4-5-17-13(16)11-7-10(14)8-12(15)9(11)2/h7-8H,3-6,15H2,1-2H3. The maximum Gasteiger partial charge on any atom is 0.338 e. The van der Waals surface area contributed by atoms with Crippen molar-refractivity contribution in [2.45, 2.75) is 20.3 Å². The summed E-state index contributed by atoms with van der Waals surface area (Å²) in [5, 5.41) is 0. The monoisotopic (exact) mass is 331 g/mol. The molecule has 1 rings (SSSR count). The van der Waals surface area contributed by atoms with Crippen LogP contribution in [0, 0.1) is 6.92 Å². The Kier molecular flexibility index (Phi) is 6.57. The Morgan fingerprint density at radius 3 is 2.89 bits per heavy atom. The van der Waals surface area contributed by atoms with Gasteiger partial charge in [-0.15, -0.1) is 0 Å². The zero-order valence-electron chi connectivity index (χ0n) is 10.7. The Labute approximate surface area is 121 Å². The molecule has 100 valence electrons. The number of anilines is 1. The summed E-state index contributed by atoms with van der Waals surface area (Å²) >= 11 is 5.17. The first kappa shape index (κ1) is 15.4. The summed E-state index contributed by atoms with van der Waals surface area (Å²) in [6.07, 6.45) is 0.882. The molecule has 0 atom stereocenters. The maximum absolute atomic E-state index is 11.9. The minimum Gasteiger partial charge on any atom is -0.462 e. The van der Waals surface area contributed by atoms with E-state index in [1.807, 2.05) is 18.7 Å². The van der Waals surface area contributed by atoms with Crippen molar-refractivity contribution >= 4 is 39.3 Å². The van der Waals surface area contributed by atoms with Crippen molar-refractivity contribution in [2.75, 3.05) is 23.8 Å². The lowest BCUT2D eigenvalue weighted by molar-refractivity contribution is 0.0505. The molecule has 0 amide bonds. The van der Waals surface area contributed by atoms with Crippen LogP contribution in [0.3, 0.4) is 0 Å². The number of hydrogen-bond acceptors (Lipinski definition) is 4. The van der Waals surface area contributed by atoms with Crippen molar-refractivity contribution in [1.82, 2.24) is 0 Å². The first-order valence-electron chi connectivity index (χ1n) is 5.86. The zero-order valence-corrected chi connectivity index (χ0v) is 13.1. The number of carbonyl (C=O) groups excluding carboxylic acids is 1. The summed E-state index contributed by atoms with van der Waals surface area (Å²) in [4.78, 5) is 11.9. The van der Waals surface area contributed by atoms with Crippen molar-refractivity contribution in [3.05, 3.63) is 27.7 Å². The zero-order chi connectivity index (χ0) is 13.5. The number of halogens is 1. The van der Waals surface area contributed by atoms with E-state index in [0.717, 1.165) is 28.0 Å². The van der Waals surface area contributed by atoms with Crippen LogP contribution in [0.15, 0.2) is 16.6 Å². The number of hydrogen-bond donors (Lipinski definition) is 1. The predicted molar refractivity (Wildman–Crippen MR) is 81.2 cm³/mol. The predicted octanol–water partition coefficient (Wildman–Crippen LogP) is 3.64. The molecule has 0 saturated heterocycles. The van der Waals surface area contributed by atoms with Gasteiger partial charge in [0, 0.05) is 10.2 Å². The first-order valence-corrected chi connectivity index (χ1v) is 7.81. The number of thioether (sulfide) groups is 1. The van der Waals surface area contributed by atoms with Gasteiger partial charge in [0.1, 0.15) is 0 Å². The lowest BCUT2D eigenvalue weighted by atomic mass is 10.1. The van der Waals surface area contributed by atoms with E-state index in [0.29, 0.717) is 17.9 Å². The third-order valence-corrected chi connectivity index (χ3v) is 3.95. The molecule has 3 nitrogen and oxygen atoms in total. The lowest BCUT2D eigenvalue weighted by Gasteiger charge is -2.09. The molecule has 0 fully saturated rings. The second kappa shape index (κ2) is 7.69. The van der Waals surface area contributed by atoms with Gasteiger partial charge in [0.25, 0.3) is 0 Å². The first-order chi connectivity index (χ1) is 8.56. The Balaban J connectivity index is 2.56. The summed E-state index contributed by atoms with van der Waals surface area (Å²) in [5.41, 5.74) is 7.71. The fourth-order valence-corrected chi connectivity index (χ4v) is 2.55. The molecule has 0 bridgehead atoms. The van der Waals surface area contributed by atoms with Crippen LogP contribution >= 0.6 is 27.7 Å². The fraction of sp³-hybridized carbons (Fsp3) is 0.462. The molecule has 1 aromatic carbocycles. The van der Waals surface area contributed by atoms with Crippen molar-refractivity contribution in [1.29, 1.82) is 0 Å². The largest absolute Gasteiger partial charge is 0.462 e. The minimum absolute atomic E-state index is 0.304. The van der Waals surface area contributed by atoms with Crippen molar-refractivity contribution in [3.8, 4) is 0 Å². The Morgan fingerprint density at radius 2 is 2.22 bits per heavy atom. The molecule has 18 heavy (non-hydrogen) atoms. The van der Waals surface area contributed by atoms with Crippen molar-refractivity contribution in [2.24, 2.45) is 0 Å². The Bertz CT molecular complexity index is 424. The molecular formula is C13H18BrNO2S. The quantitative estimate of drug-likeness (QED) is 0.491. The van der Waals surface area contributed by atoms with Gasteiger partial charge >= 0.3 is 5.97 Å². The molecule has 0 spiro atoms. The minimum atomic E-state index is -0.304. The number of benzene rings is 1.